The Kier molecular flexibility index (Phi) is 6.23. The molecular formula is C24H22F3N9O2. The number of fused-ring (bicyclic) bond motifs is 2. The number of aryl methyl sites for hydroxylation is 1. The smallest absolute Gasteiger partial charge is 0.475 e. The molecule has 1 unspecified atom stereocenters. The van der Waals surface area contributed by atoms with Gasteiger partial charge in [0.2, 0.25) is 0 Å². The van der Waals surface area contributed by atoms with Gasteiger partial charge < -0.3 is 15.7 Å². The molecule has 1 saturated carbocycles. The van der Waals surface area contributed by atoms with Crippen molar-refractivity contribution in [3.05, 3.63) is 48.8 Å². The third-order valence-corrected chi connectivity index (χ3v) is 6.89. The predicted octanol–water partition coefficient (Wildman–Crippen LogP) is 2.34. The fraction of sp³-hybridized carbons (Fsp3) is 0.333. The van der Waals surface area contributed by atoms with Crippen molar-refractivity contribution in [1.29, 1.82) is 5.26 Å². The van der Waals surface area contributed by atoms with Gasteiger partial charge in [-0.2, -0.15) is 28.6 Å². The van der Waals surface area contributed by atoms with E-state index in [9.17, 15) is 18.4 Å². The van der Waals surface area contributed by atoms with Crippen molar-refractivity contribution in [3.63, 3.8) is 0 Å². The lowest BCUT2D eigenvalue weighted by Crippen LogP contribution is -2.26. The molecule has 0 spiro atoms. The molecule has 0 aromatic carbocycles. The molecule has 2 fully saturated rings. The van der Waals surface area contributed by atoms with Crippen molar-refractivity contribution >= 4 is 17.3 Å². The third kappa shape index (κ3) is 4.63. The molecule has 0 radical (unpaired) electrons. The summed E-state index contributed by atoms with van der Waals surface area (Å²) < 4.78 is 35.2. The average molecular weight is 525 g/mol. The molecule has 11 nitrogen and oxygen atoms in total. The average Bonchev–Trinajstić information content (AvgIpc) is 3.32. The van der Waals surface area contributed by atoms with E-state index >= 15 is 0 Å². The van der Waals surface area contributed by atoms with E-state index in [1.165, 1.54) is 0 Å². The largest absolute Gasteiger partial charge is 0.490 e. The van der Waals surface area contributed by atoms with Crippen LogP contribution in [0.25, 0.3) is 27.9 Å². The highest BCUT2D eigenvalue weighted by Gasteiger charge is 2.54. The first-order chi connectivity index (χ1) is 18.1. The Balaban J connectivity index is 0.000000374. The minimum Gasteiger partial charge on any atom is -0.475 e. The summed E-state index contributed by atoms with van der Waals surface area (Å²) in [5.74, 6) is 0.213. The number of aliphatic carboxylic acids is 1. The van der Waals surface area contributed by atoms with E-state index in [0.29, 0.717) is 29.0 Å². The Labute approximate surface area is 213 Å². The van der Waals surface area contributed by atoms with Gasteiger partial charge in [0.25, 0.3) is 0 Å². The SMILES string of the molecule is Cn1cc(-c2cc(-c3cnc(N4C[C@@H]5C(CN)[C@@H]5C4)cn3)c3c(C#N)cnn3c2)cn1.O=C(O)C(F)(F)F. The highest BCUT2D eigenvalue weighted by Crippen LogP contribution is 2.51. The molecular weight excluding hydrogens is 503 g/mol. The number of carboxylic acids is 1. The highest BCUT2D eigenvalue weighted by atomic mass is 19.4. The number of nitrogens with two attached hydrogens (primary N) is 1. The number of pyridine rings is 1. The van der Waals surface area contributed by atoms with Crippen LogP contribution in [0.4, 0.5) is 19.0 Å². The second kappa shape index (κ2) is 9.42. The summed E-state index contributed by atoms with van der Waals surface area (Å²) in [5, 5.41) is 25.3. The van der Waals surface area contributed by atoms with Crippen molar-refractivity contribution in [2.24, 2.45) is 30.5 Å². The molecule has 1 aliphatic heterocycles. The van der Waals surface area contributed by atoms with Gasteiger partial charge >= 0.3 is 12.1 Å². The molecule has 6 rings (SSSR count). The first kappa shape index (κ1) is 25.2. The predicted molar refractivity (Wildman–Crippen MR) is 129 cm³/mol. The summed E-state index contributed by atoms with van der Waals surface area (Å²) in [4.78, 5) is 20.6. The summed E-state index contributed by atoms with van der Waals surface area (Å²) >= 11 is 0. The van der Waals surface area contributed by atoms with Gasteiger partial charge in [0.1, 0.15) is 11.9 Å². The zero-order chi connectivity index (χ0) is 27.2. The Morgan fingerprint density at radius 3 is 2.37 bits per heavy atom. The van der Waals surface area contributed by atoms with Gasteiger partial charge in [0.15, 0.2) is 0 Å². The van der Waals surface area contributed by atoms with Crippen molar-refractivity contribution in [2.45, 2.75) is 6.18 Å². The zero-order valence-corrected chi connectivity index (χ0v) is 20.0. The number of rotatable bonds is 4. The number of nitrogens with zero attached hydrogens (tertiary/aromatic N) is 8. The fourth-order valence-electron chi connectivity index (χ4n) is 4.94. The normalized spacial score (nSPS) is 20.0. The minimum atomic E-state index is -5.08. The lowest BCUT2D eigenvalue weighted by atomic mass is 10.0. The molecule has 38 heavy (non-hydrogen) atoms. The van der Waals surface area contributed by atoms with Gasteiger partial charge in [0.05, 0.1) is 41.6 Å². The molecule has 3 atom stereocenters. The van der Waals surface area contributed by atoms with Crippen LogP contribution in [0.2, 0.25) is 0 Å². The fourth-order valence-corrected chi connectivity index (χ4v) is 4.94. The molecule has 1 saturated heterocycles. The number of hydrogen-bond donors (Lipinski definition) is 2. The zero-order valence-electron chi connectivity index (χ0n) is 20.0. The Morgan fingerprint density at radius 1 is 1.13 bits per heavy atom. The van der Waals surface area contributed by atoms with Crippen LogP contribution >= 0.6 is 0 Å². The summed E-state index contributed by atoms with van der Waals surface area (Å²) in [6.07, 6.45) is 5.77. The van der Waals surface area contributed by atoms with Crippen LogP contribution < -0.4 is 10.6 Å². The molecule has 2 aliphatic rings. The molecule has 0 amide bonds. The van der Waals surface area contributed by atoms with Crippen molar-refractivity contribution < 1.29 is 23.1 Å². The summed E-state index contributed by atoms with van der Waals surface area (Å²) in [6, 6.07) is 4.26. The quantitative estimate of drug-likeness (QED) is 0.409. The van der Waals surface area contributed by atoms with E-state index in [-0.39, 0.29) is 0 Å². The van der Waals surface area contributed by atoms with Crippen molar-refractivity contribution in [3.8, 4) is 28.5 Å². The summed E-state index contributed by atoms with van der Waals surface area (Å²) in [6.45, 7) is 2.79. The first-order valence-electron chi connectivity index (χ1n) is 11.6. The van der Waals surface area contributed by atoms with E-state index in [1.807, 2.05) is 37.9 Å². The maximum Gasteiger partial charge on any atom is 0.490 e. The number of carboxylic acid groups (broad SMARTS) is 1. The summed E-state index contributed by atoms with van der Waals surface area (Å²) in [5.41, 5.74) is 10.5. The highest BCUT2D eigenvalue weighted by molar-refractivity contribution is 5.86. The molecule has 4 aromatic heterocycles. The number of carbonyl (C=O) groups is 1. The molecule has 4 aromatic rings. The van der Waals surface area contributed by atoms with E-state index in [4.69, 9.17) is 25.6 Å². The van der Waals surface area contributed by atoms with Crippen LogP contribution in [0.3, 0.4) is 0 Å². The van der Waals surface area contributed by atoms with Gasteiger partial charge in [-0.15, -0.1) is 0 Å². The Morgan fingerprint density at radius 2 is 1.84 bits per heavy atom. The second-order valence-corrected chi connectivity index (χ2v) is 9.20. The van der Waals surface area contributed by atoms with E-state index < -0.39 is 12.1 Å². The minimum absolute atomic E-state index is 0.506. The Hall–Kier alpha value is -4.51. The van der Waals surface area contributed by atoms with E-state index in [0.717, 1.165) is 47.7 Å². The van der Waals surface area contributed by atoms with Gasteiger partial charge in [-0.05, 0) is 30.4 Å². The Bertz CT molecular complexity index is 1530. The maximum absolute atomic E-state index is 10.6. The standard InChI is InChI=1S/C22H21N9.C2HF3O2/c1-29-9-15(6-27-29)13-2-16(22-14(3-23)5-28-31(22)10-13)20-7-26-21(8-25-20)30-11-18-17(4-24)19(18)12-30;3-2(4,5)1(6)7/h2,5-10,17-19H,4,11-12,24H2,1H3;(H,6,7)/t17?,18-,19+;. The number of piperidine rings is 1. The van der Waals surface area contributed by atoms with Gasteiger partial charge in [-0.25, -0.2) is 14.3 Å². The molecule has 196 valence electrons. The molecule has 14 heteroatoms. The number of halogens is 3. The molecule has 0 bridgehead atoms. The first-order valence-corrected chi connectivity index (χ1v) is 11.6. The lowest BCUT2D eigenvalue weighted by Gasteiger charge is -2.20. The number of alkyl halides is 3. The third-order valence-electron chi connectivity index (χ3n) is 6.89. The van der Waals surface area contributed by atoms with Gasteiger partial charge in [0, 0.05) is 49.2 Å². The van der Waals surface area contributed by atoms with Crippen LogP contribution in [0.15, 0.2) is 43.2 Å². The number of aromatic nitrogens is 6. The lowest BCUT2D eigenvalue weighted by molar-refractivity contribution is -0.192. The van der Waals surface area contributed by atoms with Crippen molar-refractivity contribution in [2.75, 3.05) is 24.5 Å². The van der Waals surface area contributed by atoms with Crippen molar-refractivity contribution in [1.82, 2.24) is 29.4 Å². The monoisotopic (exact) mass is 525 g/mol. The van der Waals surface area contributed by atoms with E-state index in [1.54, 1.807) is 21.6 Å². The van der Waals surface area contributed by atoms with Crippen LogP contribution in [-0.2, 0) is 11.8 Å². The van der Waals surface area contributed by atoms with Crippen LogP contribution in [-0.4, -0.2) is 66.2 Å². The number of anilines is 1. The van der Waals surface area contributed by atoms with Gasteiger partial charge in [-0.1, -0.05) is 0 Å². The second-order valence-electron chi connectivity index (χ2n) is 9.20. The molecule has 3 N–H and O–H groups in total. The number of nitriles is 1. The van der Waals surface area contributed by atoms with Crippen LogP contribution in [0.1, 0.15) is 5.56 Å². The van der Waals surface area contributed by atoms with Gasteiger partial charge in [-0.3, -0.25) is 9.67 Å². The maximum atomic E-state index is 10.6. The topological polar surface area (TPSA) is 151 Å². The molecule has 1 aliphatic carbocycles. The summed E-state index contributed by atoms with van der Waals surface area (Å²) in [7, 11) is 1.88. The van der Waals surface area contributed by atoms with Crippen LogP contribution in [0.5, 0.6) is 0 Å². The molecule has 5 heterocycles. The van der Waals surface area contributed by atoms with E-state index in [2.05, 4.69) is 21.2 Å². The number of hydrogen-bond acceptors (Lipinski definition) is 8. The van der Waals surface area contributed by atoms with Crippen LogP contribution in [0, 0.1) is 29.1 Å².